The molecule has 0 aliphatic heterocycles. The second-order valence-electron chi connectivity index (χ2n) is 4.25. The summed E-state index contributed by atoms with van der Waals surface area (Å²) in [6, 6.07) is 1.40. The Kier molecular flexibility index (Phi) is 7.05. The van der Waals surface area contributed by atoms with E-state index in [-0.39, 0.29) is 27.9 Å². The third-order valence-electron chi connectivity index (χ3n) is 2.27. The minimum atomic E-state index is -0.299. The van der Waals surface area contributed by atoms with Crippen LogP contribution in [0.25, 0.3) is 0 Å². The van der Waals surface area contributed by atoms with Gasteiger partial charge in [0.05, 0.1) is 11.7 Å². The molecule has 1 heterocycles. The molecule has 1 rings (SSSR count). The Labute approximate surface area is 122 Å². The topological polar surface area (TPSA) is 64.1 Å². The molecule has 0 radical (unpaired) electrons. The van der Waals surface area contributed by atoms with E-state index in [1.54, 1.807) is 0 Å². The zero-order chi connectivity index (χ0) is 14.3. The first-order valence-electron chi connectivity index (χ1n) is 6.09. The van der Waals surface area contributed by atoms with Gasteiger partial charge in [0.2, 0.25) is 0 Å². The maximum atomic E-state index is 11.8. The van der Waals surface area contributed by atoms with Gasteiger partial charge >= 0.3 is 0 Å². The highest BCUT2D eigenvalue weighted by Gasteiger charge is 2.12. The molecule has 7 heteroatoms. The third-order valence-corrected chi connectivity index (χ3v) is 2.74. The Bertz CT molecular complexity index is 427. The first-order chi connectivity index (χ1) is 9.00. The van der Waals surface area contributed by atoms with Crippen molar-refractivity contribution in [2.45, 2.75) is 32.8 Å². The summed E-state index contributed by atoms with van der Waals surface area (Å²) in [5, 5.41) is 10.1. The maximum absolute atomic E-state index is 11.8. The monoisotopic (exact) mass is 305 g/mol. The molecule has 0 fully saturated rings. The molecule has 106 valence electrons. The fraction of sp³-hybridized carbons (Fsp3) is 0.583. The molecule has 1 aromatic rings. The van der Waals surface area contributed by atoms with E-state index in [0.717, 1.165) is 12.8 Å². The van der Waals surface area contributed by atoms with Crippen molar-refractivity contribution in [3.8, 4) is 0 Å². The van der Waals surface area contributed by atoms with Crippen LogP contribution in [0.4, 0.5) is 0 Å². The van der Waals surface area contributed by atoms with Crippen LogP contribution in [0, 0.1) is 0 Å². The van der Waals surface area contributed by atoms with Gasteiger partial charge in [-0.1, -0.05) is 23.2 Å². The van der Waals surface area contributed by atoms with Crippen LogP contribution in [0.1, 0.15) is 37.0 Å². The molecule has 1 amide bonds. The molecule has 0 saturated heterocycles. The van der Waals surface area contributed by atoms with Gasteiger partial charge in [-0.25, -0.2) is 0 Å². The number of ether oxygens (including phenoxy) is 1. The van der Waals surface area contributed by atoms with Crippen molar-refractivity contribution in [1.29, 1.82) is 0 Å². The molecule has 19 heavy (non-hydrogen) atoms. The second kappa shape index (κ2) is 8.30. The van der Waals surface area contributed by atoms with Crippen LogP contribution < -0.4 is 5.32 Å². The number of aromatic nitrogens is 2. The molecule has 1 N–H and O–H groups in total. The van der Waals surface area contributed by atoms with E-state index in [1.807, 2.05) is 13.8 Å². The summed E-state index contributed by atoms with van der Waals surface area (Å²) in [5.74, 6) is -0.299. The molecule has 0 aliphatic carbocycles. The van der Waals surface area contributed by atoms with Crippen molar-refractivity contribution in [1.82, 2.24) is 15.5 Å². The number of carbonyl (C=O) groups is 1. The molecule has 0 atom stereocenters. The third kappa shape index (κ3) is 6.18. The van der Waals surface area contributed by atoms with Crippen molar-refractivity contribution >= 4 is 29.1 Å². The maximum Gasteiger partial charge on any atom is 0.254 e. The second-order valence-corrected chi connectivity index (χ2v) is 5.00. The summed E-state index contributed by atoms with van der Waals surface area (Å²) >= 11 is 11.4. The fourth-order valence-electron chi connectivity index (χ4n) is 1.36. The number of nitrogens with one attached hydrogen (secondary N) is 1. The number of hydrogen-bond donors (Lipinski definition) is 1. The molecule has 0 unspecified atom stereocenters. The van der Waals surface area contributed by atoms with E-state index in [1.165, 1.54) is 6.07 Å². The summed E-state index contributed by atoms with van der Waals surface area (Å²) in [4.78, 5) is 11.8. The van der Waals surface area contributed by atoms with Crippen LogP contribution in [0.3, 0.4) is 0 Å². The predicted octanol–water partition coefficient (Wildman–Crippen LogP) is 2.72. The van der Waals surface area contributed by atoms with Crippen LogP contribution in [0.5, 0.6) is 0 Å². The van der Waals surface area contributed by atoms with Gasteiger partial charge in [-0.05, 0) is 32.8 Å². The highest BCUT2D eigenvalue weighted by atomic mass is 35.5. The lowest BCUT2D eigenvalue weighted by atomic mass is 10.2. The summed E-state index contributed by atoms with van der Waals surface area (Å²) in [7, 11) is 0. The average molecular weight is 306 g/mol. The Hall–Kier alpha value is -0.910. The first-order valence-corrected chi connectivity index (χ1v) is 6.85. The predicted molar refractivity (Wildman–Crippen MR) is 74.7 cm³/mol. The molecule has 0 aromatic carbocycles. The Balaban J connectivity index is 2.29. The summed E-state index contributed by atoms with van der Waals surface area (Å²) in [5.41, 5.74) is 0.236. The smallest absolute Gasteiger partial charge is 0.254 e. The van der Waals surface area contributed by atoms with Crippen LogP contribution in [-0.4, -0.2) is 35.4 Å². The van der Waals surface area contributed by atoms with Crippen LogP contribution in [0.15, 0.2) is 6.07 Å². The van der Waals surface area contributed by atoms with E-state index in [0.29, 0.717) is 13.2 Å². The number of carbonyl (C=O) groups excluding carboxylic acids is 1. The van der Waals surface area contributed by atoms with E-state index in [9.17, 15) is 4.79 Å². The minimum absolute atomic E-state index is 0.0463. The zero-order valence-electron chi connectivity index (χ0n) is 10.9. The Morgan fingerprint density at radius 2 is 2.11 bits per heavy atom. The van der Waals surface area contributed by atoms with Crippen molar-refractivity contribution in [2.75, 3.05) is 13.2 Å². The normalized spacial score (nSPS) is 10.8. The first kappa shape index (κ1) is 16.1. The SMILES string of the molecule is CC(C)OCCCCNC(=O)c1cc(Cl)nnc1Cl. The van der Waals surface area contributed by atoms with Crippen molar-refractivity contribution in [3.63, 3.8) is 0 Å². The summed E-state index contributed by atoms with van der Waals surface area (Å²) in [6.07, 6.45) is 1.96. The molecule has 0 spiro atoms. The van der Waals surface area contributed by atoms with Crippen molar-refractivity contribution < 1.29 is 9.53 Å². The van der Waals surface area contributed by atoms with E-state index in [4.69, 9.17) is 27.9 Å². The van der Waals surface area contributed by atoms with Crippen LogP contribution in [0.2, 0.25) is 10.3 Å². The van der Waals surface area contributed by atoms with Gasteiger partial charge in [-0.2, -0.15) is 0 Å². The van der Waals surface area contributed by atoms with Gasteiger partial charge in [-0.15, -0.1) is 10.2 Å². The average Bonchev–Trinajstić information content (AvgIpc) is 2.36. The van der Waals surface area contributed by atoms with Gasteiger partial charge in [-0.3, -0.25) is 4.79 Å². The number of unbranched alkanes of at least 4 members (excludes halogenated alkanes) is 1. The van der Waals surface area contributed by atoms with Crippen molar-refractivity contribution in [2.24, 2.45) is 0 Å². The van der Waals surface area contributed by atoms with E-state index in [2.05, 4.69) is 15.5 Å². The zero-order valence-corrected chi connectivity index (χ0v) is 12.5. The molecule has 0 saturated carbocycles. The number of rotatable bonds is 7. The lowest BCUT2D eigenvalue weighted by molar-refractivity contribution is 0.0754. The van der Waals surface area contributed by atoms with Crippen LogP contribution >= 0.6 is 23.2 Å². The van der Waals surface area contributed by atoms with Gasteiger partial charge < -0.3 is 10.1 Å². The Morgan fingerprint density at radius 1 is 1.37 bits per heavy atom. The molecule has 0 aliphatic rings. The van der Waals surface area contributed by atoms with Gasteiger partial charge in [0.25, 0.3) is 5.91 Å². The lowest BCUT2D eigenvalue weighted by Crippen LogP contribution is -2.25. The highest BCUT2D eigenvalue weighted by molar-refractivity contribution is 6.34. The number of halogens is 2. The van der Waals surface area contributed by atoms with E-state index >= 15 is 0 Å². The summed E-state index contributed by atoms with van der Waals surface area (Å²) < 4.78 is 5.40. The lowest BCUT2D eigenvalue weighted by Gasteiger charge is -2.08. The quantitative estimate of drug-likeness (QED) is 0.787. The largest absolute Gasteiger partial charge is 0.379 e. The molecule has 1 aromatic heterocycles. The molecular weight excluding hydrogens is 289 g/mol. The summed E-state index contributed by atoms with van der Waals surface area (Å²) in [6.45, 7) is 5.22. The van der Waals surface area contributed by atoms with Crippen molar-refractivity contribution in [3.05, 3.63) is 21.9 Å². The van der Waals surface area contributed by atoms with Gasteiger partial charge in [0.1, 0.15) is 0 Å². The molecular formula is C12H17Cl2N3O2. The number of nitrogens with zero attached hydrogens (tertiary/aromatic N) is 2. The standard InChI is InChI=1S/C12H17Cl2N3O2/c1-8(2)19-6-4-3-5-15-12(18)9-7-10(13)16-17-11(9)14/h7-8H,3-6H2,1-2H3,(H,15,18). The number of hydrogen-bond acceptors (Lipinski definition) is 4. The Morgan fingerprint density at radius 3 is 2.79 bits per heavy atom. The molecule has 5 nitrogen and oxygen atoms in total. The van der Waals surface area contributed by atoms with Gasteiger partial charge in [0.15, 0.2) is 10.3 Å². The number of amides is 1. The minimum Gasteiger partial charge on any atom is -0.379 e. The van der Waals surface area contributed by atoms with Crippen LogP contribution in [-0.2, 0) is 4.74 Å². The van der Waals surface area contributed by atoms with Gasteiger partial charge in [0, 0.05) is 13.2 Å². The highest BCUT2D eigenvalue weighted by Crippen LogP contribution is 2.14. The fourth-order valence-corrected chi connectivity index (χ4v) is 1.68. The molecule has 0 bridgehead atoms. The van der Waals surface area contributed by atoms with E-state index < -0.39 is 0 Å².